The molecule has 0 aromatic carbocycles. The normalized spacial score (nSPS) is 11.9. The molecule has 0 aliphatic heterocycles. The van der Waals surface area contributed by atoms with Gasteiger partial charge in [-0.3, -0.25) is 14.6 Å². The molecular weight excluding hydrogens is 222 g/mol. The molecule has 1 aromatic heterocycles. The minimum Gasteiger partial charge on any atom is -0.481 e. The first-order chi connectivity index (χ1) is 8.02. The molecule has 17 heavy (non-hydrogen) atoms. The van der Waals surface area contributed by atoms with Crippen LogP contribution in [0.2, 0.25) is 0 Å². The number of carboxylic acid groups (broad SMARTS) is 1. The summed E-state index contributed by atoms with van der Waals surface area (Å²) in [6.07, 6.45) is 3.32. The summed E-state index contributed by atoms with van der Waals surface area (Å²) in [5, 5.41) is 11.3. The lowest BCUT2D eigenvalue weighted by Gasteiger charge is -2.14. The number of amides is 1. The molecule has 0 bridgehead atoms. The van der Waals surface area contributed by atoms with Crippen LogP contribution in [0, 0.1) is 6.92 Å². The van der Waals surface area contributed by atoms with Crippen molar-refractivity contribution in [1.29, 1.82) is 0 Å². The standard InChI is InChI=1S/C11H15N3O3/c1-3-8(4-10(15)16)14-11(17)9-6-12-7(2)5-13-9/h5-6,8H,3-4H2,1-2H3,(H,14,17)(H,15,16). The Labute approximate surface area is 99.1 Å². The van der Waals surface area contributed by atoms with Crippen molar-refractivity contribution in [2.45, 2.75) is 32.7 Å². The Morgan fingerprint density at radius 1 is 1.41 bits per heavy atom. The first-order valence-corrected chi connectivity index (χ1v) is 5.34. The summed E-state index contributed by atoms with van der Waals surface area (Å²) in [7, 11) is 0. The van der Waals surface area contributed by atoms with Crippen LogP contribution in [-0.2, 0) is 4.79 Å². The molecule has 0 radical (unpaired) electrons. The van der Waals surface area contributed by atoms with Crippen LogP contribution in [0.5, 0.6) is 0 Å². The number of carbonyl (C=O) groups excluding carboxylic acids is 1. The Balaban J connectivity index is 2.64. The minimum absolute atomic E-state index is 0.0957. The van der Waals surface area contributed by atoms with Gasteiger partial charge in [-0.25, -0.2) is 4.98 Å². The molecule has 2 N–H and O–H groups in total. The van der Waals surface area contributed by atoms with Crippen LogP contribution in [-0.4, -0.2) is 33.0 Å². The van der Waals surface area contributed by atoms with Crippen molar-refractivity contribution in [2.75, 3.05) is 0 Å². The predicted molar refractivity (Wildman–Crippen MR) is 60.6 cm³/mol. The summed E-state index contributed by atoms with van der Waals surface area (Å²) in [4.78, 5) is 30.1. The number of nitrogens with one attached hydrogen (secondary N) is 1. The number of nitrogens with zero attached hydrogens (tertiary/aromatic N) is 2. The quantitative estimate of drug-likeness (QED) is 0.789. The maximum atomic E-state index is 11.7. The van der Waals surface area contributed by atoms with Gasteiger partial charge in [0.05, 0.1) is 18.3 Å². The molecule has 0 saturated heterocycles. The second-order valence-electron chi connectivity index (χ2n) is 3.72. The second-order valence-corrected chi connectivity index (χ2v) is 3.72. The van der Waals surface area contributed by atoms with Gasteiger partial charge in [0.15, 0.2) is 0 Å². The zero-order valence-corrected chi connectivity index (χ0v) is 9.80. The maximum absolute atomic E-state index is 11.7. The summed E-state index contributed by atoms with van der Waals surface area (Å²) in [6.45, 7) is 3.59. The lowest BCUT2D eigenvalue weighted by atomic mass is 10.1. The number of rotatable bonds is 5. The van der Waals surface area contributed by atoms with E-state index in [-0.39, 0.29) is 18.2 Å². The van der Waals surface area contributed by atoms with E-state index in [2.05, 4.69) is 15.3 Å². The van der Waals surface area contributed by atoms with Gasteiger partial charge < -0.3 is 10.4 Å². The van der Waals surface area contributed by atoms with E-state index in [4.69, 9.17) is 5.11 Å². The third kappa shape index (κ3) is 4.18. The number of carbonyl (C=O) groups is 2. The van der Waals surface area contributed by atoms with Crippen LogP contribution in [0.4, 0.5) is 0 Å². The van der Waals surface area contributed by atoms with Gasteiger partial charge in [0, 0.05) is 12.2 Å². The van der Waals surface area contributed by atoms with Crippen molar-refractivity contribution in [3.8, 4) is 0 Å². The number of aliphatic carboxylic acids is 1. The summed E-state index contributed by atoms with van der Waals surface area (Å²) in [5.41, 5.74) is 0.915. The van der Waals surface area contributed by atoms with Crippen LogP contribution in [0.15, 0.2) is 12.4 Å². The molecule has 1 heterocycles. The van der Waals surface area contributed by atoms with Crippen LogP contribution < -0.4 is 5.32 Å². The third-order valence-electron chi connectivity index (χ3n) is 2.26. The van der Waals surface area contributed by atoms with Gasteiger partial charge >= 0.3 is 5.97 Å². The summed E-state index contributed by atoms with van der Waals surface area (Å²) >= 11 is 0. The summed E-state index contributed by atoms with van der Waals surface area (Å²) < 4.78 is 0. The Hall–Kier alpha value is -1.98. The Morgan fingerprint density at radius 3 is 2.59 bits per heavy atom. The van der Waals surface area contributed by atoms with Gasteiger partial charge in [-0.15, -0.1) is 0 Å². The summed E-state index contributed by atoms with van der Waals surface area (Å²) in [6, 6.07) is -0.386. The van der Waals surface area contributed by atoms with E-state index in [0.717, 1.165) is 5.69 Å². The number of hydrogen-bond acceptors (Lipinski definition) is 4. The molecule has 0 aliphatic rings. The monoisotopic (exact) mass is 237 g/mol. The number of aromatic nitrogens is 2. The zero-order chi connectivity index (χ0) is 12.8. The number of hydrogen-bond donors (Lipinski definition) is 2. The molecule has 1 atom stereocenters. The molecule has 0 fully saturated rings. The fraction of sp³-hybridized carbons (Fsp3) is 0.455. The molecule has 92 valence electrons. The van der Waals surface area contributed by atoms with E-state index >= 15 is 0 Å². The van der Waals surface area contributed by atoms with Crippen molar-refractivity contribution in [1.82, 2.24) is 15.3 Å². The van der Waals surface area contributed by atoms with Crippen LogP contribution in [0.25, 0.3) is 0 Å². The Morgan fingerprint density at radius 2 is 2.12 bits per heavy atom. The molecule has 6 heteroatoms. The third-order valence-corrected chi connectivity index (χ3v) is 2.26. The molecule has 0 spiro atoms. The second kappa shape index (κ2) is 5.93. The fourth-order valence-corrected chi connectivity index (χ4v) is 1.28. The molecule has 6 nitrogen and oxygen atoms in total. The van der Waals surface area contributed by atoms with Crippen molar-refractivity contribution in [3.05, 3.63) is 23.8 Å². The van der Waals surface area contributed by atoms with Gasteiger partial charge in [0.2, 0.25) is 0 Å². The SMILES string of the molecule is CCC(CC(=O)O)NC(=O)c1cnc(C)cn1. The van der Waals surface area contributed by atoms with E-state index in [1.807, 2.05) is 6.92 Å². The first-order valence-electron chi connectivity index (χ1n) is 5.34. The van der Waals surface area contributed by atoms with Crippen molar-refractivity contribution < 1.29 is 14.7 Å². The Kier molecular flexibility index (Phi) is 4.56. The van der Waals surface area contributed by atoms with Gasteiger partial charge in [-0.2, -0.15) is 0 Å². The zero-order valence-electron chi connectivity index (χ0n) is 9.80. The van der Waals surface area contributed by atoms with Crippen molar-refractivity contribution in [3.63, 3.8) is 0 Å². The van der Waals surface area contributed by atoms with Gasteiger partial charge in [-0.1, -0.05) is 6.92 Å². The van der Waals surface area contributed by atoms with Crippen LogP contribution >= 0.6 is 0 Å². The molecule has 1 unspecified atom stereocenters. The van der Waals surface area contributed by atoms with E-state index < -0.39 is 11.9 Å². The fourth-order valence-electron chi connectivity index (χ4n) is 1.28. The smallest absolute Gasteiger partial charge is 0.305 e. The van der Waals surface area contributed by atoms with Crippen LogP contribution in [0.3, 0.4) is 0 Å². The van der Waals surface area contributed by atoms with Crippen molar-refractivity contribution >= 4 is 11.9 Å². The van der Waals surface area contributed by atoms with Gasteiger partial charge in [0.1, 0.15) is 5.69 Å². The highest BCUT2D eigenvalue weighted by molar-refractivity contribution is 5.92. The lowest BCUT2D eigenvalue weighted by molar-refractivity contribution is -0.137. The molecule has 1 amide bonds. The van der Waals surface area contributed by atoms with Crippen LogP contribution in [0.1, 0.15) is 35.9 Å². The molecule has 1 aromatic rings. The highest BCUT2D eigenvalue weighted by Gasteiger charge is 2.16. The first kappa shape index (κ1) is 13.1. The lowest BCUT2D eigenvalue weighted by Crippen LogP contribution is -2.36. The maximum Gasteiger partial charge on any atom is 0.305 e. The van der Waals surface area contributed by atoms with Crippen molar-refractivity contribution in [2.24, 2.45) is 0 Å². The van der Waals surface area contributed by atoms with E-state index in [9.17, 15) is 9.59 Å². The van der Waals surface area contributed by atoms with Gasteiger partial charge in [-0.05, 0) is 13.3 Å². The highest BCUT2D eigenvalue weighted by Crippen LogP contribution is 2.00. The summed E-state index contributed by atoms with van der Waals surface area (Å²) in [5.74, 6) is -1.34. The number of aryl methyl sites for hydroxylation is 1. The number of carboxylic acids is 1. The predicted octanol–water partition coefficient (Wildman–Crippen LogP) is 0.768. The topological polar surface area (TPSA) is 92.2 Å². The molecule has 0 aliphatic carbocycles. The highest BCUT2D eigenvalue weighted by atomic mass is 16.4. The average molecular weight is 237 g/mol. The average Bonchev–Trinajstić information content (AvgIpc) is 2.28. The van der Waals surface area contributed by atoms with Gasteiger partial charge in [0.25, 0.3) is 5.91 Å². The van der Waals surface area contributed by atoms with E-state index in [1.165, 1.54) is 12.4 Å². The van der Waals surface area contributed by atoms with E-state index in [0.29, 0.717) is 6.42 Å². The minimum atomic E-state index is -0.938. The molecular formula is C11H15N3O3. The van der Waals surface area contributed by atoms with E-state index in [1.54, 1.807) is 6.92 Å². The molecule has 1 rings (SSSR count). The molecule has 0 saturated carbocycles. The Bertz CT molecular complexity index is 403. The largest absolute Gasteiger partial charge is 0.481 e.